The first-order valence-corrected chi connectivity index (χ1v) is 7.46. The molecule has 1 aromatic carbocycles. The maximum absolute atomic E-state index is 6.13. The summed E-state index contributed by atoms with van der Waals surface area (Å²) < 4.78 is 2.69. The molecule has 0 unspecified atom stereocenters. The van der Waals surface area contributed by atoms with Gasteiger partial charge in [0.25, 0.3) is 0 Å². The van der Waals surface area contributed by atoms with E-state index in [9.17, 15) is 0 Å². The largest absolute Gasteiger partial charge is 0.223 e. The van der Waals surface area contributed by atoms with Crippen LogP contribution in [0.25, 0.3) is 4.96 Å². The lowest BCUT2D eigenvalue weighted by atomic mass is 10.4. The van der Waals surface area contributed by atoms with Gasteiger partial charge in [0.1, 0.15) is 0 Å². The molecule has 0 bridgehead atoms. The molecular formula is C11H7Cl2N3S2. The molecule has 3 rings (SSSR count). The van der Waals surface area contributed by atoms with Crippen LogP contribution < -0.4 is 0 Å². The highest BCUT2D eigenvalue weighted by Gasteiger charge is 2.10. The average Bonchev–Trinajstić information content (AvgIpc) is 2.79. The molecule has 0 fully saturated rings. The van der Waals surface area contributed by atoms with E-state index in [4.69, 9.17) is 23.2 Å². The van der Waals surface area contributed by atoms with Crippen molar-refractivity contribution >= 4 is 51.3 Å². The van der Waals surface area contributed by atoms with Gasteiger partial charge in [-0.2, -0.15) is 0 Å². The summed E-state index contributed by atoms with van der Waals surface area (Å²) in [4.78, 5) is 6.19. The molecule has 2 aromatic heterocycles. The average molecular weight is 316 g/mol. The highest BCUT2D eigenvalue weighted by Crippen LogP contribution is 2.36. The number of hydrogen-bond donors (Lipinski definition) is 0. The molecule has 0 saturated heterocycles. The third-order valence-corrected chi connectivity index (χ3v) is 4.95. The van der Waals surface area contributed by atoms with Crippen LogP contribution in [0.1, 0.15) is 5.69 Å². The molecule has 18 heavy (non-hydrogen) atoms. The highest BCUT2D eigenvalue weighted by atomic mass is 35.5. The monoisotopic (exact) mass is 315 g/mol. The molecule has 3 nitrogen and oxygen atoms in total. The van der Waals surface area contributed by atoms with Gasteiger partial charge in [0, 0.05) is 9.92 Å². The molecule has 0 aliphatic carbocycles. The van der Waals surface area contributed by atoms with Crippen molar-refractivity contribution in [2.24, 2.45) is 0 Å². The third-order valence-electron chi connectivity index (χ3n) is 2.24. The Morgan fingerprint density at radius 3 is 2.89 bits per heavy atom. The molecule has 2 heterocycles. The molecule has 0 aliphatic heterocycles. The van der Waals surface area contributed by atoms with Crippen LogP contribution in [-0.4, -0.2) is 14.6 Å². The summed E-state index contributed by atoms with van der Waals surface area (Å²) in [5.41, 5.74) is 0.967. The standard InChI is InChI=1S/C11H7Cl2N3S2/c1-6-5-16-10(14-6)18-11(15-16)17-9-3-2-7(12)4-8(9)13/h2-5H,1H3. The number of fused-ring (bicyclic) bond motifs is 1. The number of aromatic nitrogens is 3. The van der Waals surface area contributed by atoms with Crippen molar-refractivity contribution in [2.75, 3.05) is 0 Å². The van der Waals surface area contributed by atoms with Gasteiger partial charge in [0.05, 0.1) is 16.9 Å². The van der Waals surface area contributed by atoms with E-state index in [0.29, 0.717) is 10.0 Å². The summed E-state index contributed by atoms with van der Waals surface area (Å²) in [5, 5.41) is 5.71. The molecule has 0 aliphatic rings. The van der Waals surface area contributed by atoms with Crippen molar-refractivity contribution in [2.45, 2.75) is 16.2 Å². The number of imidazole rings is 1. The molecule has 92 valence electrons. The number of nitrogens with zero attached hydrogens (tertiary/aromatic N) is 3. The second-order valence-electron chi connectivity index (χ2n) is 3.65. The maximum atomic E-state index is 6.13. The minimum absolute atomic E-state index is 0.633. The van der Waals surface area contributed by atoms with Gasteiger partial charge in [0.15, 0.2) is 4.34 Å². The smallest absolute Gasteiger partial charge is 0.213 e. The zero-order chi connectivity index (χ0) is 12.7. The van der Waals surface area contributed by atoms with E-state index < -0.39 is 0 Å². The van der Waals surface area contributed by atoms with Crippen molar-refractivity contribution < 1.29 is 0 Å². The zero-order valence-corrected chi connectivity index (χ0v) is 12.4. The van der Waals surface area contributed by atoms with Gasteiger partial charge in [-0.05, 0) is 25.1 Å². The Balaban J connectivity index is 1.93. The van der Waals surface area contributed by atoms with Gasteiger partial charge in [-0.15, -0.1) is 5.10 Å². The number of halogens is 2. The SMILES string of the molecule is Cc1cn2nc(Sc3ccc(Cl)cc3Cl)sc2n1. The molecule has 0 amide bonds. The Kier molecular flexibility index (Phi) is 3.23. The summed E-state index contributed by atoms with van der Waals surface area (Å²) in [6.07, 6.45) is 1.90. The topological polar surface area (TPSA) is 30.2 Å². The lowest BCUT2D eigenvalue weighted by molar-refractivity contribution is 0.913. The van der Waals surface area contributed by atoms with Crippen molar-refractivity contribution in [1.29, 1.82) is 0 Å². The highest BCUT2D eigenvalue weighted by molar-refractivity contribution is 8.01. The Labute approximate surface area is 122 Å². The van der Waals surface area contributed by atoms with Crippen LogP contribution in [0.15, 0.2) is 33.6 Å². The molecule has 0 saturated carbocycles. The molecule has 7 heteroatoms. The Bertz CT molecular complexity index is 689. The van der Waals surface area contributed by atoms with Gasteiger partial charge in [-0.1, -0.05) is 46.3 Å². The van der Waals surface area contributed by atoms with E-state index in [2.05, 4.69) is 10.1 Å². The van der Waals surface area contributed by atoms with Gasteiger partial charge in [-0.3, -0.25) is 0 Å². The van der Waals surface area contributed by atoms with Gasteiger partial charge < -0.3 is 0 Å². The molecule has 3 aromatic rings. The minimum atomic E-state index is 0.633. The number of benzene rings is 1. The normalized spacial score (nSPS) is 11.3. The van der Waals surface area contributed by atoms with Crippen molar-refractivity contribution in [3.63, 3.8) is 0 Å². The van der Waals surface area contributed by atoms with Crippen LogP contribution in [-0.2, 0) is 0 Å². The van der Waals surface area contributed by atoms with Crippen LogP contribution in [0, 0.1) is 6.92 Å². The van der Waals surface area contributed by atoms with Gasteiger partial charge in [-0.25, -0.2) is 9.50 Å². The lowest BCUT2D eigenvalue weighted by Crippen LogP contribution is -1.81. The van der Waals surface area contributed by atoms with Crippen LogP contribution in [0.3, 0.4) is 0 Å². The Morgan fingerprint density at radius 1 is 1.33 bits per heavy atom. The fraction of sp³-hybridized carbons (Fsp3) is 0.0909. The predicted molar refractivity (Wildman–Crippen MR) is 76.2 cm³/mol. The second-order valence-corrected chi connectivity index (χ2v) is 6.74. The summed E-state index contributed by atoms with van der Waals surface area (Å²) >= 11 is 15.0. The Hall–Kier alpha value is -0.750. The van der Waals surface area contributed by atoms with E-state index in [-0.39, 0.29) is 0 Å². The molecule has 0 N–H and O–H groups in total. The molecular weight excluding hydrogens is 309 g/mol. The first kappa shape index (κ1) is 12.3. The van der Waals surface area contributed by atoms with E-state index in [1.54, 1.807) is 10.6 Å². The van der Waals surface area contributed by atoms with E-state index in [1.165, 1.54) is 23.1 Å². The quantitative estimate of drug-likeness (QED) is 0.694. The summed E-state index contributed by atoms with van der Waals surface area (Å²) in [7, 11) is 0. The minimum Gasteiger partial charge on any atom is -0.223 e. The molecule has 0 spiro atoms. The first-order chi connectivity index (χ1) is 8.61. The number of hydrogen-bond acceptors (Lipinski definition) is 4. The van der Waals surface area contributed by atoms with Crippen LogP contribution >= 0.6 is 46.3 Å². The number of aryl methyl sites for hydroxylation is 1. The lowest BCUT2D eigenvalue weighted by Gasteiger charge is -2.00. The van der Waals surface area contributed by atoms with Crippen molar-refractivity contribution in [3.05, 3.63) is 40.1 Å². The van der Waals surface area contributed by atoms with Crippen LogP contribution in [0.2, 0.25) is 10.0 Å². The fourth-order valence-electron chi connectivity index (χ4n) is 1.48. The van der Waals surface area contributed by atoms with E-state index >= 15 is 0 Å². The summed E-state index contributed by atoms with van der Waals surface area (Å²) in [6, 6.07) is 5.44. The zero-order valence-electron chi connectivity index (χ0n) is 9.22. The number of rotatable bonds is 2. The van der Waals surface area contributed by atoms with Crippen LogP contribution in [0.5, 0.6) is 0 Å². The Morgan fingerprint density at radius 2 is 2.17 bits per heavy atom. The van der Waals surface area contributed by atoms with Crippen LogP contribution in [0.4, 0.5) is 0 Å². The molecule has 0 radical (unpaired) electrons. The molecule has 0 atom stereocenters. The second kappa shape index (κ2) is 4.74. The van der Waals surface area contributed by atoms with E-state index in [0.717, 1.165) is 19.9 Å². The fourth-order valence-corrected chi connectivity index (χ4v) is 3.94. The summed E-state index contributed by atoms with van der Waals surface area (Å²) in [5.74, 6) is 0. The van der Waals surface area contributed by atoms with Gasteiger partial charge in [0.2, 0.25) is 4.96 Å². The van der Waals surface area contributed by atoms with Crippen molar-refractivity contribution in [1.82, 2.24) is 14.6 Å². The first-order valence-electron chi connectivity index (χ1n) is 5.07. The van der Waals surface area contributed by atoms with Crippen molar-refractivity contribution in [3.8, 4) is 0 Å². The maximum Gasteiger partial charge on any atom is 0.213 e. The van der Waals surface area contributed by atoms with Gasteiger partial charge >= 0.3 is 0 Å². The summed E-state index contributed by atoms with van der Waals surface area (Å²) in [6.45, 7) is 1.95. The third kappa shape index (κ3) is 2.36. The van der Waals surface area contributed by atoms with E-state index in [1.807, 2.05) is 25.3 Å². The predicted octanol–water partition coefficient (Wildman–Crippen LogP) is 4.56.